The van der Waals surface area contributed by atoms with Gasteiger partial charge in [0.05, 0.1) is 23.5 Å². The lowest BCUT2D eigenvalue weighted by atomic mass is 9.85. The molecule has 3 aromatic rings. The average molecular weight is 495 g/mol. The number of fused-ring (bicyclic) bond motifs is 1. The number of carbonyl (C=O) groups is 1. The second kappa shape index (κ2) is 11.0. The van der Waals surface area contributed by atoms with E-state index in [0.29, 0.717) is 23.1 Å². The smallest absolute Gasteiger partial charge is 0.408 e. The number of benzene rings is 1. The lowest BCUT2D eigenvalue weighted by molar-refractivity contribution is -0.142. The van der Waals surface area contributed by atoms with E-state index in [1.165, 1.54) is 18.3 Å². The Labute approximate surface area is 201 Å². The van der Waals surface area contributed by atoms with Gasteiger partial charge >= 0.3 is 6.18 Å². The van der Waals surface area contributed by atoms with E-state index in [0.717, 1.165) is 17.3 Å². The maximum absolute atomic E-state index is 13.7. The van der Waals surface area contributed by atoms with Crippen LogP contribution in [0, 0.1) is 23.6 Å². The molecule has 4 unspecified atom stereocenters. The third-order valence-electron chi connectivity index (χ3n) is 6.16. The van der Waals surface area contributed by atoms with Gasteiger partial charge in [0.1, 0.15) is 18.1 Å². The van der Waals surface area contributed by atoms with Crippen LogP contribution in [0.25, 0.3) is 10.9 Å². The first-order chi connectivity index (χ1) is 16.6. The van der Waals surface area contributed by atoms with E-state index in [2.05, 4.69) is 15.4 Å². The van der Waals surface area contributed by atoms with Gasteiger partial charge in [0.2, 0.25) is 5.91 Å². The summed E-state index contributed by atoms with van der Waals surface area (Å²) in [6.07, 6.45) is 0.793. The number of amides is 1. The minimum absolute atomic E-state index is 0.0186. The molecule has 1 N–H and O–H groups in total. The molecule has 10 heteroatoms. The predicted octanol–water partition coefficient (Wildman–Crippen LogP) is 6.23. The van der Waals surface area contributed by atoms with Crippen molar-refractivity contribution in [1.29, 1.82) is 0 Å². The fourth-order valence-corrected chi connectivity index (χ4v) is 4.54. The van der Waals surface area contributed by atoms with E-state index in [-0.39, 0.29) is 41.3 Å². The highest BCUT2D eigenvalue weighted by Crippen LogP contribution is 2.40. The minimum atomic E-state index is -4.39. The predicted molar refractivity (Wildman–Crippen MR) is 125 cm³/mol. The number of alkyl halides is 3. The van der Waals surface area contributed by atoms with Gasteiger partial charge in [0, 0.05) is 23.7 Å². The average Bonchev–Trinajstić information content (AvgIpc) is 3.39. The largest absolute Gasteiger partial charge is 0.490 e. The maximum Gasteiger partial charge on any atom is 0.408 e. The minimum Gasteiger partial charge on any atom is -0.490 e. The van der Waals surface area contributed by atoms with E-state index in [1.807, 2.05) is 20.8 Å². The highest BCUT2D eigenvalue weighted by atomic mass is 19.4. The number of halogens is 4. The summed E-state index contributed by atoms with van der Waals surface area (Å²) in [7, 11) is 0. The van der Waals surface area contributed by atoms with Crippen LogP contribution in [-0.4, -0.2) is 33.0 Å². The summed E-state index contributed by atoms with van der Waals surface area (Å²) in [5.41, 5.74) is 0.857. The molecule has 1 aliphatic rings. The first kappa shape index (κ1) is 26.4. The Hall–Kier alpha value is -3.17. The molecule has 35 heavy (non-hydrogen) atoms. The molecule has 4 atom stereocenters. The molecule has 0 aliphatic heterocycles. The number of anilines is 1. The van der Waals surface area contributed by atoms with Gasteiger partial charge in [-0.25, -0.2) is 4.39 Å². The molecule has 6 nitrogen and oxygen atoms in total. The van der Waals surface area contributed by atoms with E-state index in [9.17, 15) is 22.4 Å². The lowest BCUT2D eigenvalue weighted by Crippen LogP contribution is -2.28. The molecule has 1 aliphatic carbocycles. The molecule has 1 aromatic carbocycles. The van der Waals surface area contributed by atoms with Crippen molar-refractivity contribution in [3.8, 4) is 5.75 Å². The van der Waals surface area contributed by atoms with E-state index in [4.69, 9.17) is 4.74 Å². The third-order valence-corrected chi connectivity index (χ3v) is 6.16. The van der Waals surface area contributed by atoms with Crippen molar-refractivity contribution in [2.75, 3.05) is 5.32 Å². The van der Waals surface area contributed by atoms with Gasteiger partial charge < -0.3 is 10.1 Å². The number of nitrogens with one attached hydrogen (secondary N) is 1. The molecule has 190 valence electrons. The van der Waals surface area contributed by atoms with Crippen LogP contribution in [0.4, 0.5) is 23.2 Å². The Morgan fingerprint density at radius 3 is 2.71 bits per heavy atom. The fraction of sp³-hybridized carbons (Fsp3) is 0.480. The van der Waals surface area contributed by atoms with Crippen molar-refractivity contribution in [1.82, 2.24) is 14.8 Å². The molecular weight excluding hydrogens is 464 g/mol. The van der Waals surface area contributed by atoms with Gasteiger partial charge in [-0.3, -0.25) is 14.5 Å². The summed E-state index contributed by atoms with van der Waals surface area (Å²) in [5.74, 6) is -0.284. The quantitative estimate of drug-likeness (QED) is 0.413. The Kier molecular flexibility index (Phi) is 8.34. The molecule has 1 fully saturated rings. The van der Waals surface area contributed by atoms with Crippen molar-refractivity contribution in [2.24, 2.45) is 17.8 Å². The van der Waals surface area contributed by atoms with Crippen molar-refractivity contribution >= 4 is 22.5 Å². The van der Waals surface area contributed by atoms with Crippen molar-refractivity contribution in [3.63, 3.8) is 0 Å². The molecule has 0 bridgehead atoms. The second-order valence-electron chi connectivity index (χ2n) is 8.64. The zero-order valence-corrected chi connectivity index (χ0v) is 20.1. The Bertz CT molecular complexity index is 1150. The molecule has 0 spiro atoms. The summed E-state index contributed by atoms with van der Waals surface area (Å²) < 4.78 is 58.2. The van der Waals surface area contributed by atoms with Crippen molar-refractivity contribution < 1.29 is 27.1 Å². The van der Waals surface area contributed by atoms with Crippen LogP contribution < -0.4 is 10.1 Å². The van der Waals surface area contributed by atoms with Gasteiger partial charge in [-0.15, -0.1) is 0 Å². The zero-order valence-electron chi connectivity index (χ0n) is 20.1. The van der Waals surface area contributed by atoms with Gasteiger partial charge in [0.25, 0.3) is 0 Å². The highest BCUT2D eigenvalue weighted by molar-refractivity contribution is 5.92. The molecular formula is C25H30F4N4O2. The lowest BCUT2D eigenvalue weighted by Gasteiger charge is -2.22. The van der Waals surface area contributed by atoms with Crippen LogP contribution in [0.15, 0.2) is 42.9 Å². The third kappa shape index (κ3) is 6.70. The summed E-state index contributed by atoms with van der Waals surface area (Å²) >= 11 is 0. The Morgan fingerprint density at radius 1 is 1.26 bits per heavy atom. The monoisotopic (exact) mass is 494 g/mol. The highest BCUT2D eigenvalue weighted by Gasteiger charge is 2.39. The number of rotatable bonds is 6. The molecule has 2 heterocycles. The fourth-order valence-electron chi connectivity index (χ4n) is 4.54. The van der Waals surface area contributed by atoms with E-state index in [1.54, 1.807) is 25.3 Å². The molecule has 4 rings (SSSR count). The molecule has 0 saturated heterocycles. The Morgan fingerprint density at radius 2 is 2.00 bits per heavy atom. The van der Waals surface area contributed by atoms with Crippen LogP contribution in [0.5, 0.6) is 5.75 Å². The van der Waals surface area contributed by atoms with E-state index >= 15 is 0 Å². The first-order valence-electron chi connectivity index (χ1n) is 11.7. The van der Waals surface area contributed by atoms with E-state index < -0.39 is 12.7 Å². The topological polar surface area (TPSA) is 69.0 Å². The van der Waals surface area contributed by atoms with Crippen molar-refractivity contribution in [2.45, 2.75) is 59.4 Å². The van der Waals surface area contributed by atoms with Crippen LogP contribution in [0.1, 0.15) is 40.5 Å². The number of nitrogens with zero attached hydrogens (tertiary/aromatic N) is 3. The number of pyridine rings is 1. The number of hydrogen-bond donors (Lipinski definition) is 1. The zero-order chi connectivity index (χ0) is 25.8. The number of aromatic nitrogens is 3. The molecule has 0 radical (unpaired) electrons. The van der Waals surface area contributed by atoms with Crippen LogP contribution in [-0.2, 0) is 11.3 Å². The number of carbonyl (C=O) groups excluding carboxylic acids is 1. The molecule has 1 saturated carbocycles. The molecule has 1 amide bonds. The van der Waals surface area contributed by atoms with Gasteiger partial charge in [-0.05, 0) is 48.9 Å². The Balaban J connectivity index is 0.00000167. The summed E-state index contributed by atoms with van der Waals surface area (Å²) in [6.45, 7) is 6.63. The summed E-state index contributed by atoms with van der Waals surface area (Å²) in [5, 5.41) is 6.90. The maximum atomic E-state index is 13.7. The molecule has 2 aromatic heterocycles. The standard InChI is InChI=1S/C23H24F4N4O2.C2H6/c1-13-7-17(33-21-5-6-28-20-4-3-15(24)8-19(20)21)9-18(13)14(2)22(32)30-16-10-29-31(11-16)12-23(25,26)27;1-2/h3-6,8,10-11,13-14,17-18H,7,9,12H2,1-2H3,(H,30,32);1-2H3. The number of ether oxygens (including phenoxy) is 1. The number of hydrogen-bond acceptors (Lipinski definition) is 4. The van der Waals surface area contributed by atoms with Gasteiger partial charge in [-0.2, -0.15) is 18.3 Å². The van der Waals surface area contributed by atoms with Crippen molar-refractivity contribution in [3.05, 3.63) is 48.7 Å². The van der Waals surface area contributed by atoms with Crippen LogP contribution >= 0.6 is 0 Å². The normalized spacial score (nSPS) is 20.7. The van der Waals surface area contributed by atoms with Gasteiger partial charge in [-0.1, -0.05) is 27.7 Å². The van der Waals surface area contributed by atoms with Crippen LogP contribution in [0.3, 0.4) is 0 Å². The van der Waals surface area contributed by atoms with Gasteiger partial charge in [0.15, 0.2) is 0 Å². The summed E-state index contributed by atoms with van der Waals surface area (Å²) in [6, 6.07) is 6.04. The van der Waals surface area contributed by atoms with Crippen LogP contribution in [0.2, 0.25) is 0 Å². The second-order valence-corrected chi connectivity index (χ2v) is 8.64. The summed E-state index contributed by atoms with van der Waals surface area (Å²) in [4.78, 5) is 17.0. The first-order valence-corrected chi connectivity index (χ1v) is 11.7. The SMILES string of the molecule is CC.CC1CC(Oc2ccnc3ccc(F)cc23)CC1C(C)C(=O)Nc1cnn(CC(F)(F)F)c1.